The summed E-state index contributed by atoms with van der Waals surface area (Å²) in [6.07, 6.45) is 5.21. The lowest BCUT2D eigenvalue weighted by Crippen LogP contribution is -2.56. The van der Waals surface area contributed by atoms with Gasteiger partial charge >= 0.3 is 0 Å². The minimum Gasteiger partial charge on any atom is -0.390 e. The molecule has 2 unspecified atom stereocenters. The Hall–Kier alpha value is -0.610. The van der Waals surface area contributed by atoms with E-state index in [9.17, 15) is 15.0 Å². The second kappa shape index (κ2) is 3.95. The number of aliphatic hydroxyl groups is 2. The summed E-state index contributed by atoms with van der Waals surface area (Å²) in [6.45, 7) is 0. The van der Waals surface area contributed by atoms with Crippen molar-refractivity contribution >= 4 is 5.91 Å². The van der Waals surface area contributed by atoms with Gasteiger partial charge in [-0.05, 0) is 43.9 Å². The Morgan fingerprint density at radius 1 is 1.29 bits per heavy atom. The average Bonchev–Trinajstić information content (AvgIpc) is 2.74. The van der Waals surface area contributed by atoms with Crippen LogP contribution in [0.3, 0.4) is 0 Å². The largest absolute Gasteiger partial charge is 0.390 e. The van der Waals surface area contributed by atoms with E-state index in [1.165, 1.54) is 6.42 Å². The average molecular weight is 239 g/mol. The lowest BCUT2D eigenvalue weighted by Gasteiger charge is -2.35. The summed E-state index contributed by atoms with van der Waals surface area (Å²) >= 11 is 0. The number of carbonyl (C=O) groups excluding carboxylic acids is 1. The first kappa shape index (κ1) is 11.5. The second-order valence-corrected chi connectivity index (χ2v) is 6.14. The van der Waals surface area contributed by atoms with Crippen LogP contribution >= 0.6 is 0 Å². The van der Waals surface area contributed by atoms with Gasteiger partial charge in [-0.3, -0.25) is 4.79 Å². The van der Waals surface area contributed by atoms with Crippen LogP contribution in [0.4, 0.5) is 0 Å². The van der Waals surface area contributed by atoms with Gasteiger partial charge in [0.15, 0.2) is 0 Å². The van der Waals surface area contributed by atoms with E-state index in [4.69, 9.17) is 0 Å². The molecule has 0 aromatic rings. The lowest BCUT2D eigenvalue weighted by atomic mass is 9.82. The molecule has 17 heavy (non-hydrogen) atoms. The number of hydrogen-bond acceptors (Lipinski definition) is 3. The lowest BCUT2D eigenvalue weighted by molar-refractivity contribution is -0.127. The highest BCUT2D eigenvalue weighted by Gasteiger charge is 2.57. The van der Waals surface area contributed by atoms with E-state index >= 15 is 0 Å². The maximum Gasteiger partial charge on any atom is 0.220 e. The van der Waals surface area contributed by atoms with E-state index in [2.05, 4.69) is 5.32 Å². The second-order valence-electron chi connectivity index (χ2n) is 6.14. The van der Waals surface area contributed by atoms with Crippen molar-refractivity contribution in [3.63, 3.8) is 0 Å². The van der Waals surface area contributed by atoms with Crippen LogP contribution in [0.15, 0.2) is 0 Å². The highest BCUT2D eigenvalue weighted by molar-refractivity contribution is 5.77. The molecule has 96 valence electrons. The van der Waals surface area contributed by atoms with Crippen LogP contribution in [0.2, 0.25) is 0 Å². The maximum absolute atomic E-state index is 11.9. The van der Waals surface area contributed by atoms with E-state index in [0.29, 0.717) is 12.3 Å². The summed E-state index contributed by atoms with van der Waals surface area (Å²) in [4.78, 5) is 11.9. The number of hydrogen-bond donors (Lipinski definition) is 3. The summed E-state index contributed by atoms with van der Waals surface area (Å²) in [6, 6.07) is 0. The zero-order valence-corrected chi connectivity index (χ0v) is 10.1. The Morgan fingerprint density at radius 3 is 2.59 bits per heavy atom. The molecular weight excluding hydrogens is 218 g/mol. The van der Waals surface area contributed by atoms with Crippen LogP contribution in [0.5, 0.6) is 0 Å². The molecule has 0 spiro atoms. The van der Waals surface area contributed by atoms with Crippen molar-refractivity contribution in [2.45, 2.75) is 62.7 Å². The van der Waals surface area contributed by atoms with Gasteiger partial charge in [0.05, 0.1) is 11.6 Å². The quantitative estimate of drug-likeness (QED) is 0.674. The summed E-state index contributed by atoms with van der Waals surface area (Å²) < 4.78 is 0. The van der Waals surface area contributed by atoms with Crippen LogP contribution in [0.1, 0.15) is 44.9 Å². The molecule has 3 aliphatic carbocycles. The number of nitrogens with one attached hydrogen (secondary N) is 1. The van der Waals surface area contributed by atoms with Crippen LogP contribution in [-0.2, 0) is 4.79 Å². The molecule has 3 saturated carbocycles. The minimum absolute atomic E-state index is 0.0588. The highest BCUT2D eigenvalue weighted by Crippen LogP contribution is 2.48. The summed E-state index contributed by atoms with van der Waals surface area (Å²) in [7, 11) is 0. The van der Waals surface area contributed by atoms with Gasteiger partial charge in [0.25, 0.3) is 0 Å². The third kappa shape index (κ3) is 1.78. The van der Waals surface area contributed by atoms with Crippen molar-refractivity contribution in [2.24, 2.45) is 11.8 Å². The van der Waals surface area contributed by atoms with E-state index in [0.717, 1.165) is 32.1 Å². The molecular formula is C13H21NO3. The highest BCUT2D eigenvalue weighted by atomic mass is 16.3. The van der Waals surface area contributed by atoms with Crippen molar-refractivity contribution in [2.75, 3.05) is 0 Å². The van der Waals surface area contributed by atoms with E-state index < -0.39 is 17.7 Å². The molecule has 0 saturated heterocycles. The number of carbonyl (C=O) groups is 1. The first-order valence-corrected chi connectivity index (χ1v) is 6.78. The Morgan fingerprint density at radius 2 is 2.06 bits per heavy atom. The molecule has 4 heteroatoms. The molecule has 3 aliphatic rings. The fraction of sp³-hybridized carbons (Fsp3) is 0.923. The van der Waals surface area contributed by atoms with Gasteiger partial charge in [-0.25, -0.2) is 0 Å². The Bertz CT molecular complexity index is 329. The number of amides is 1. The van der Waals surface area contributed by atoms with E-state index in [1.54, 1.807) is 0 Å². The van der Waals surface area contributed by atoms with Crippen molar-refractivity contribution in [3.8, 4) is 0 Å². The molecule has 0 aromatic carbocycles. The summed E-state index contributed by atoms with van der Waals surface area (Å²) in [5.41, 5.74) is -0.523. The predicted molar refractivity (Wildman–Crippen MR) is 62.2 cm³/mol. The molecule has 4 nitrogen and oxygen atoms in total. The first-order chi connectivity index (χ1) is 8.11. The van der Waals surface area contributed by atoms with Gasteiger partial charge in [-0.1, -0.05) is 6.42 Å². The molecule has 3 N–H and O–H groups in total. The van der Waals surface area contributed by atoms with Gasteiger partial charge in [-0.15, -0.1) is 0 Å². The summed E-state index contributed by atoms with van der Waals surface area (Å²) in [5.74, 6) is 0.782. The van der Waals surface area contributed by atoms with Crippen LogP contribution in [0.25, 0.3) is 0 Å². The molecule has 2 bridgehead atoms. The monoisotopic (exact) mass is 239 g/mol. The zero-order valence-electron chi connectivity index (χ0n) is 10.1. The van der Waals surface area contributed by atoms with Crippen LogP contribution in [-0.4, -0.2) is 33.9 Å². The molecule has 0 aliphatic heterocycles. The van der Waals surface area contributed by atoms with E-state index in [-0.39, 0.29) is 11.8 Å². The molecule has 0 aromatic heterocycles. The van der Waals surface area contributed by atoms with E-state index in [1.807, 2.05) is 0 Å². The van der Waals surface area contributed by atoms with Crippen LogP contribution in [0, 0.1) is 11.8 Å². The Kier molecular flexibility index (Phi) is 2.67. The molecule has 1 amide bonds. The fourth-order valence-corrected chi connectivity index (χ4v) is 3.74. The normalized spacial score (nSPS) is 44.7. The van der Waals surface area contributed by atoms with Crippen molar-refractivity contribution in [1.29, 1.82) is 0 Å². The Balaban J connectivity index is 1.61. The standard InChI is InChI=1S/C13H21NO3/c15-10(6-8-2-1-3-8)14-13-5-4-9(7-13)11(16)12(13)17/h8-9,11-12,16-17H,1-7H2,(H,14,15)/t9?,11-,12-,13?/m0/s1. The minimum atomic E-state index is -0.772. The van der Waals surface area contributed by atoms with Crippen molar-refractivity contribution < 1.29 is 15.0 Å². The molecule has 0 heterocycles. The fourth-order valence-electron chi connectivity index (χ4n) is 3.74. The van der Waals surface area contributed by atoms with Crippen LogP contribution < -0.4 is 5.32 Å². The predicted octanol–water partition coefficient (Wildman–Crippen LogP) is 0.567. The van der Waals surface area contributed by atoms with Gasteiger partial charge in [-0.2, -0.15) is 0 Å². The number of fused-ring (bicyclic) bond motifs is 2. The third-order valence-electron chi connectivity index (χ3n) is 5.05. The van der Waals surface area contributed by atoms with Gasteiger partial charge < -0.3 is 15.5 Å². The zero-order chi connectivity index (χ0) is 12.0. The van der Waals surface area contributed by atoms with Gasteiger partial charge in [0.1, 0.15) is 6.10 Å². The third-order valence-corrected chi connectivity index (χ3v) is 5.05. The van der Waals surface area contributed by atoms with Gasteiger partial charge in [0, 0.05) is 6.42 Å². The molecule has 3 rings (SSSR count). The van der Waals surface area contributed by atoms with Crippen molar-refractivity contribution in [1.82, 2.24) is 5.32 Å². The topological polar surface area (TPSA) is 69.6 Å². The first-order valence-electron chi connectivity index (χ1n) is 6.78. The molecule has 4 atom stereocenters. The number of rotatable bonds is 3. The number of aliphatic hydroxyl groups excluding tert-OH is 2. The SMILES string of the molecule is O=C(CC1CCC1)NC12CCC(C1)[C@H](O)[C@@H]2O. The molecule has 3 fully saturated rings. The molecule has 0 radical (unpaired) electrons. The smallest absolute Gasteiger partial charge is 0.220 e. The van der Waals surface area contributed by atoms with Crippen molar-refractivity contribution in [3.05, 3.63) is 0 Å². The summed E-state index contributed by atoms with van der Waals surface area (Å²) in [5, 5.41) is 22.8. The maximum atomic E-state index is 11.9. The Labute approximate surface area is 101 Å². The van der Waals surface area contributed by atoms with Gasteiger partial charge in [0.2, 0.25) is 5.91 Å².